The van der Waals surface area contributed by atoms with Gasteiger partial charge in [-0.25, -0.2) is 4.98 Å². The molecular formula is C10H5BrF3NO. The van der Waals surface area contributed by atoms with Crippen molar-refractivity contribution in [2.24, 2.45) is 0 Å². The number of rotatable bonds is 1. The highest BCUT2D eigenvalue weighted by atomic mass is 79.9. The van der Waals surface area contributed by atoms with E-state index in [4.69, 9.17) is 0 Å². The summed E-state index contributed by atoms with van der Waals surface area (Å²) in [5.41, 5.74) is 0.175. The number of pyridine rings is 1. The van der Waals surface area contributed by atoms with Gasteiger partial charge in [0.1, 0.15) is 10.1 Å². The van der Waals surface area contributed by atoms with Gasteiger partial charge >= 0.3 is 6.36 Å². The maximum atomic E-state index is 12.1. The van der Waals surface area contributed by atoms with Crippen LogP contribution in [0, 0.1) is 0 Å². The van der Waals surface area contributed by atoms with Crippen molar-refractivity contribution in [3.8, 4) is 5.75 Å². The first-order valence-electron chi connectivity index (χ1n) is 4.27. The Kier molecular flexibility index (Phi) is 2.75. The van der Waals surface area contributed by atoms with E-state index in [1.165, 1.54) is 12.1 Å². The lowest BCUT2D eigenvalue weighted by Crippen LogP contribution is -2.17. The van der Waals surface area contributed by atoms with Gasteiger partial charge in [0.2, 0.25) is 0 Å². The van der Waals surface area contributed by atoms with Crippen LogP contribution in [-0.2, 0) is 0 Å². The molecule has 6 heteroatoms. The second-order valence-corrected chi connectivity index (χ2v) is 3.82. The topological polar surface area (TPSA) is 22.1 Å². The maximum Gasteiger partial charge on any atom is 0.573 e. The van der Waals surface area contributed by atoms with E-state index in [0.717, 1.165) is 0 Å². The monoisotopic (exact) mass is 291 g/mol. The van der Waals surface area contributed by atoms with E-state index >= 15 is 0 Å². The Morgan fingerprint density at radius 3 is 2.56 bits per heavy atom. The lowest BCUT2D eigenvalue weighted by molar-refractivity contribution is -0.274. The second kappa shape index (κ2) is 3.93. The number of benzene rings is 1. The number of ether oxygens (including phenoxy) is 1. The van der Waals surface area contributed by atoms with Crippen molar-refractivity contribution < 1.29 is 17.9 Å². The maximum absolute atomic E-state index is 12.1. The molecule has 0 unspecified atom stereocenters. The SMILES string of the molecule is FC(F)(F)Oc1cccc2ccc(Br)nc12. The molecule has 2 nitrogen and oxygen atoms in total. The minimum atomic E-state index is -4.71. The van der Waals surface area contributed by atoms with Gasteiger partial charge < -0.3 is 4.74 Å². The van der Waals surface area contributed by atoms with E-state index in [0.29, 0.717) is 9.99 Å². The number of nitrogens with zero attached hydrogens (tertiary/aromatic N) is 1. The van der Waals surface area contributed by atoms with Crippen molar-refractivity contribution in [2.75, 3.05) is 0 Å². The Morgan fingerprint density at radius 2 is 1.88 bits per heavy atom. The van der Waals surface area contributed by atoms with Gasteiger partial charge in [-0.05, 0) is 34.1 Å². The first kappa shape index (κ1) is 11.2. The lowest BCUT2D eigenvalue weighted by Gasteiger charge is -2.10. The molecule has 16 heavy (non-hydrogen) atoms. The van der Waals surface area contributed by atoms with Crippen molar-refractivity contribution in [1.82, 2.24) is 4.98 Å². The first-order valence-corrected chi connectivity index (χ1v) is 5.06. The van der Waals surface area contributed by atoms with Crippen LogP contribution in [0.25, 0.3) is 10.9 Å². The van der Waals surface area contributed by atoms with Gasteiger partial charge in [0.15, 0.2) is 5.75 Å². The summed E-state index contributed by atoms with van der Waals surface area (Å²) in [6.07, 6.45) is -4.71. The molecule has 0 aliphatic rings. The normalized spacial score (nSPS) is 11.8. The Morgan fingerprint density at radius 1 is 1.12 bits per heavy atom. The first-order chi connectivity index (χ1) is 7.46. The summed E-state index contributed by atoms with van der Waals surface area (Å²) in [5.74, 6) is -0.300. The summed E-state index contributed by atoms with van der Waals surface area (Å²) < 4.78 is 40.7. The fourth-order valence-corrected chi connectivity index (χ4v) is 1.61. The van der Waals surface area contributed by atoms with Gasteiger partial charge in [-0.1, -0.05) is 12.1 Å². The van der Waals surface area contributed by atoms with Crippen molar-refractivity contribution in [2.45, 2.75) is 6.36 Å². The van der Waals surface area contributed by atoms with E-state index in [-0.39, 0.29) is 11.3 Å². The zero-order valence-electron chi connectivity index (χ0n) is 7.75. The number of halogens is 4. The largest absolute Gasteiger partial charge is 0.573 e. The average Bonchev–Trinajstić information content (AvgIpc) is 2.17. The van der Waals surface area contributed by atoms with Crippen LogP contribution in [0.1, 0.15) is 0 Å². The molecule has 1 aromatic heterocycles. The minimum Gasteiger partial charge on any atom is -0.403 e. The molecule has 0 fully saturated rings. The van der Waals surface area contributed by atoms with Crippen LogP contribution in [0.3, 0.4) is 0 Å². The molecule has 0 saturated heterocycles. The fourth-order valence-electron chi connectivity index (χ4n) is 1.30. The van der Waals surface area contributed by atoms with Crippen LogP contribution in [0.2, 0.25) is 0 Å². The fraction of sp³-hybridized carbons (Fsp3) is 0.100. The average molecular weight is 292 g/mol. The molecular weight excluding hydrogens is 287 g/mol. The Labute approximate surface area is 97.2 Å². The molecule has 0 spiro atoms. The van der Waals surface area contributed by atoms with Gasteiger partial charge in [0.05, 0.1) is 0 Å². The van der Waals surface area contributed by atoms with Gasteiger partial charge in [-0.15, -0.1) is 13.2 Å². The third-order valence-corrected chi connectivity index (χ3v) is 2.32. The molecule has 0 aliphatic carbocycles. The van der Waals surface area contributed by atoms with E-state index in [1.54, 1.807) is 18.2 Å². The molecule has 2 aromatic rings. The van der Waals surface area contributed by atoms with E-state index < -0.39 is 6.36 Å². The highest BCUT2D eigenvalue weighted by molar-refractivity contribution is 9.10. The van der Waals surface area contributed by atoms with E-state index in [1.807, 2.05) is 0 Å². The quantitative estimate of drug-likeness (QED) is 0.744. The molecule has 2 rings (SSSR count). The molecule has 1 aromatic carbocycles. The molecule has 0 saturated carbocycles. The summed E-state index contributed by atoms with van der Waals surface area (Å²) in [7, 11) is 0. The van der Waals surface area contributed by atoms with Crippen molar-refractivity contribution in [3.63, 3.8) is 0 Å². The molecule has 0 atom stereocenters. The third kappa shape index (κ3) is 2.44. The van der Waals surface area contributed by atoms with Crippen molar-refractivity contribution in [3.05, 3.63) is 34.9 Å². The number of alkyl halides is 3. The zero-order chi connectivity index (χ0) is 11.8. The Hall–Kier alpha value is -1.30. The molecule has 1 heterocycles. The minimum absolute atomic E-state index is 0.175. The number of fused-ring (bicyclic) bond motifs is 1. The van der Waals surface area contributed by atoms with E-state index in [2.05, 4.69) is 25.7 Å². The third-order valence-electron chi connectivity index (χ3n) is 1.87. The van der Waals surface area contributed by atoms with Gasteiger partial charge in [0, 0.05) is 5.39 Å². The smallest absolute Gasteiger partial charge is 0.403 e. The summed E-state index contributed by atoms with van der Waals surface area (Å²) in [4.78, 5) is 3.95. The molecule has 0 N–H and O–H groups in total. The highest BCUT2D eigenvalue weighted by Gasteiger charge is 2.32. The van der Waals surface area contributed by atoms with Crippen molar-refractivity contribution >= 4 is 26.8 Å². The van der Waals surface area contributed by atoms with E-state index in [9.17, 15) is 13.2 Å². The number of aromatic nitrogens is 1. The Bertz CT molecular complexity index is 527. The predicted molar refractivity (Wildman–Crippen MR) is 56.1 cm³/mol. The van der Waals surface area contributed by atoms with Crippen LogP contribution in [0.4, 0.5) is 13.2 Å². The Balaban J connectivity index is 2.56. The van der Waals surface area contributed by atoms with Crippen LogP contribution in [0.5, 0.6) is 5.75 Å². The van der Waals surface area contributed by atoms with Gasteiger partial charge in [-0.2, -0.15) is 0 Å². The summed E-state index contributed by atoms with van der Waals surface area (Å²) >= 11 is 3.10. The lowest BCUT2D eigenvalue weighted by atomic mass is 10.2. The molecule has 0 amide bonds. The number of para-hydroxylation sites is 1. The summed E-state index contributed by atoms with van der Waals surface area (Å²) in [6, 6.07) is 7.70. The van der Waals surface area contributed by atoms with Gasteiger partial charge in [-0.3, -0.25) is 0 Å². The predicted octanol–water partition coefficient (Wildman–Crippen LogP) is 3.90. The van der Waals surface area contributed by atoms with Crippen molar-refractivity contribution in [1.29, 1.82) is 0 Å². The second-order valence-electron chi connectivity index (χ2n) is 3.01. The van der Waals surface area contributed by atoms with Crippen LogP contribution in [-0.4, -0.2) is 11.3 Å². The number of hydrogen-bond acceptors (Lipinski definition) is 2. The van der Waals surface area contributed by atoms with Crippen LogP contribution >= 0.6 is 15.9 Å². The number of hydrogen-bond donors (Lipinski definition) is 0. The molecule has 0 radical (unpaired) electrons. The summed E-state index contributed by atoms with van der Waals surface area (Å²) in [6.45, 7) is 0. The molecule has 84 valence electrons. The standard InChI is InChI=1S/C10H5BrF3NO/c11-8-5-4-6-2-1-3-7(9(6)15-8)16-10(12,13)14/h1-5H. The summed E-state index contributed by atoms with van der Waals surface area (Å²) in [5, 5.41) is 0.588. The van der Waals surface area contributed by atoms with Crippen LogP contribution < -0.4 is 4.74 Å². The molecule has 0 aliphatic heterocycles. The zero-order valence-corrected chi connectivity index (χ0v) is 9.34. The highest BCUT2D eigenvalue weighted by Crippen LogP contribution is 2.29. The molecule has 0 bridgehead atoms. The van der Waals surface area contributed by atoms with Gasteiger partial charge in [0.25, 0.3) is 0 Å². The van der Waals surface area contributed by atoms with Crippen LogP contribution in [0.15, 0.2) is 34.9 Å².